The van der Waals surface area contributed by atoms with Crippen LogP contribution in [0.15, 0.2) is 24.3 Å². The summed E-state index contributed by atoms with van der Waals surface area (Å²) < 4.78 is 42.1. The van der Waals surface area contributed by atoms with E-state index in [0.29, 0.717) is 26.2 Å². The van der Waals surface area contributed by atoms with Gasteiger partial charge in [-0.3, -0.25) is 0 Å². The van der Waals surface area contributed by atoms with Crippen LogP contribution in [0.3, 0.4) is 0 Å². The van der Waals surface area contributed by atoms with Crippen molar-refractivity contribution in [3.63, 3.8) is 0 Å². The molecule has 0 atom stereocenters. The van der Waals surface area contributed by atoms with E-state index >= 15 is 0 Å². The smallest absolute Gasteiger partial charge is 0.410 e. The highest BCUT2D eigenvalue weighted by molar-refractivity contribution is 5.70. The fraction of sp³-hybridized carbons (Fsp3) is 0.417. The van der Waals surface area contributed by atoms with Gasteiger partial charge in [-0.15, -0.1) is 0 Å². The standard InChI is InChI=1S/C12H13F3N2O2/c13-12(14,15)9-1-3-10(4-2-9)19-11(18)17-7-5-16-6-8-17/h1-4,16H,5-8H2. The molecule has 0 aliphatic carbocycles. The first-order chi connectivity index (χ1) is 8.97. The molecule has 1 aromatic rings. The Bertz CT molecular complexity index is 439. The van der Waals surface area contributed by atoms with Crippen LogP contribution < -0.4 is 10.1 Å². The fourth-order valence-corrected chi connectivity index (χ4v) is 1.72. The minimum atomic E-state index is -4.39. The highest BCUT2D eigenvalue weighted by Gasteiger charge is 2.30. The predicted octanol–water partition coefficient (Wildman–Crippen LogP) is 2.11. The minimum Gasteiger partial charge on any atom is -0.410 e. The van der Waals surface area contributed by atoms with Crippen molar-refractivity contribution in [2.45, 2.75) is 6.18 Å². The molecule has 0 saturated carbocycles. The van der Waals surface area contributed by atoms with Gasteiger partial charge in [0.25, 0.3) is 0 Å². The molecule has 0 unspecified atom stereocenters. The summed E-state index contributed by atoms with van der Waals surface area (Å²) >= 11 is 0. The number of amides is 1. The summed E-state index contributed by atoms with van der Waals surface area (Å²) in [6.07, 6.45) is -4.93. The van der Waals surface area contributed by atoms with Crippen LogP contribution in [-0.4, -0.2) is 37.2 Å². The average molecular weight is 274 g/mol. The van der Waals surface area contributed by atoms with Crippen LogP contribution in [0, 0.1) is 0 Å². The van der Waals surface area contributed by atoms with Gasteiger partial charge in [-0.05, 0) is 24.3 Å². The van der Waals surface area contributed by atoms with E-state index in [9.17, 15) is 18.0 Å². The van der Waals surface area contributed by atoms with Gasteiger partial charge in [0.2, 0.25) is 0 Å². The number of halogens is 3. The van der Waals surface area contributed by atoms with Crippen molar-refractivity contribution >= 4 is 6.09 Å². The molecule has 4 nitrogen and oxygen atoms in total. The lowest BCUT2D eigenvalue weighted by Crippen LogP contribution is -2.47. The molecule has 1 fully saturated rings. The zero-order valence-corrected chi connectivity index (χ0v) is 10.0. The topological polar surface area (TPSA) is 41.6 Å². The molecular formula is C12H13F3N2O2. The summed E-state index contributed by atoms with van der Waals surface area (Å²) in [6.45, 7) is 2.42. The van der Waals surface area contributed by atoms with E-state index in [1.807, 2.05) is 0 Å². The monoisotopic (exact) mass is 274 g/mol. The van der Waals surface area contributed by atoms with Crippen LogP contribution >= 0.6 is 0 Å². The van der Waals surface area contributed by atoms with E-state index in [-0.39, 0.29) is 5.75 Å². The molecule has 1 heterocycles. The molecule has 104 valence electrons. The van der Waals surface area contributed by atoms with Gasteiger partial charge in [-0.1, -0.05) is 0 Å². The van der Waals surface area contributed by atoms with Crippen molar-refractivity contribution in [1.82, 2.24) is 10.2 Å². The molecule has 19 heavy (non-hydrogen) atoms. The number of benzene rings is 1. The number of carbonyl (C=O) groups excluding carboxylic acids is 1. The molecule has 0 aromatic heterocycles. The van der Waals surface area contributed by atoms with Gasteiger partial charge in [0.05, 0.1) is 5.56 Å². The van der Waals surface area contributed by atoms with Gasteiger partial charge >= 0.3 is 12.3 Å². The van der Waals surface area contributed by atoms with E-state index in [1.165, 1.54) is 4.90 Å². The van der Waals surface area contributed by atoms with Gasteiger partial charge in [0.15, 0.2) is 0 Å². The predicted molar refractivity (Wildman–Crippen MR) is 61.9 cm³/mol. The molecule has 1 aliphatic heterocycles. The normalized spacial score (nSPS) is 16.3. The van der Waals surface area contributed by atoms with Gasteiger partial charge in [0.1, 0.15) is 5.75 Å². The summed E-state index contributed by atoms with van der Waals surface area (Å²) in [5, 5.41) is 3.08. The first-order valence-electron chi connectivity index (χ1n) is 5.81. The molecule has 1 aliphatic rings. The number of piperazine rings is 1. The van der Waals surface area contributed by atoms with Crippen LogP contribution in [0.4, 0.5) is 18.0 Å². The van der Waals surface area contributed by atoms with E-state index in [1.54, 1.807) is 0 Å². The number of nitrogens with one attached hydrogen (secondary N) is 1. The SMILES string of the molecule is O=C(Oc1ccc(C(F)(F)F)cc1)N1CCNCC1. The summed E-state index contributed by atoms with van der Waals surface area (Å²) in [6, 6.07) is 4.06. The van der Waals surface area contributed by atoms with Crippen LogP contribution in [0.25, 0.3) is 0 Å². The number of alkyl halides is 3. The van der Waals surface area contributed by atoms with Crippen molar-refractivity contribution < 1.29 is 22.7 Å². The quantitative estimate of drug-likeness (QED) is 0.852. The van der Waals surface area contributed by atoms with E-state index < -0.39 is 17.8 Å². The Labute approximate surface area is 108 Å². The second-order valence-corrected chi connectivity index (χ2v) is 4.13. The molecule has 0 bridgehead atoms. The van der Waals surface area contributed by atoms with Crippen LogP contribution in [-0.2, 0) is 6.18 Å². The van der Waals surface area contributed by atoms with Crippen molar-refractivity contribution in [2.24, 2.45) is 0 Å². The van der Waals surface area contributed by atoms with Gasteiger partial charge in [-0.25, -0.2) is 4.79 Å². The third kappa shape index (κ3) is 3.60. The van der Waals surface area contributed by atoms with Crippen LogP contribution in [0.1, 0.15) is 5.56 Å². The van der Waals surface area contributed by atoms with Crippen molar-refractivity contribution in [3.05, 3.63) is 29.8 Å². The van der Waals surface area contributed by atoms with Gasteiger partial charge < -0.3 is 15.0 Å². The third-order valence-corrected chi connectivity index (χ3v) is 2.76. The number of hydrogen-bond acceptors (Lipinski definition) is 3. The highest BCUT2D eigenvalue weighted by Crippen LogP contribution is 2.30. The van der Waals surface area contributed by atoms with E-state index in [0.717, 1.165) is 24.3 Å². The Kier molecular flexibility index (Phi) is 3.94. The number of ether oxygens (including phenoxy) is 1. The molecule has 1 saturated heterocycles. The van der Waals surface area contributed by atoms with Crippen molar-refractivity contribution in [3.8, 4) is 5.75 Å². The lowest BCUT2D eigenvalue weighted by atomic mass is 10.2. The largest absolute Gasteiger partial charge is 0.416 e. The number of hydrogen-bond donors (Lipinski definition) is 1. The Morgan fingerprint density at radius 2 is 1.74 bits per heavy atom. The highest BCUT2D eigenvalue weighted by atomic mass is 19.4. The van der Waals surface area contributed by atoms with Crippen molar-refractivity contribution in [2.75, 3.05) is 26.2 Å². The Morgan fingerprint density at radius 1 is 1.16 bits per heavy atom. The maximum Gasteiger partial charge on any atom is 0.416 e. The molecule has 0 radical (unpaired) electrons. The molecule has 1 N–H and O–H groups in total. The number of nitrogens with zero attached hydrogens (tertiary/aromatic N) is 1. The molecule has 1 amide bonds. The second-order valence-electron chi connectivity index (χ2n) is 4.13. The van der Waals surface area contributed by atoms with Gasteiger partial charge in [-0.2, -0.15) is 13.2 Å². The Hall–Kier alpha value is -1.76. The Morgan fingerprint density at radius 3 is 2.26 bits per heavy atom. The van der Waals surface area contributed by atoms with Gasteiger partial charge in [0, 0.05) is 26.2 Å². The minimum absolute atomic E-state index is 0.108. The third-order valence-electron chi connectivity index (χ3n) is 2.76. The molecular weight excluding hydrogens is 261 g/mol. The molecule has 1 aromatic carbocycles. The lowest BCUT2D eigenvalue weighted by Gasteiger charge is -2.26. The summed E-state index contributed by atoms with van der Waals surface area (Å²) in [4.78, 5) is 13.2. The average Bonchev–Trinajstić information content (AvgIpc) is 2.39. The molecule has 0 spiro atoms. The lowest BCUT2D eigenvalue weighted by molar-refractivity contribution is -0.137. The molecule has 2 rings (SSSR count). The fourth-order valence-electron chi connectivity index (χ4n) is 1.72. The maximum absolute atomic E-state index is 12.3. The summed E-state index contributed by atoms with van der Waals surface area (Å²) in [7, 11) is 0. The zero-order chi connectivity index (χ0) is 13.9. The maximum atomic E-state index is 12.3. The molecule has 7 heteroatoms. The van der Waals surface area contributed by atoms with Crippen LogP contribution in [0.5, 0.6) is 5.75 Å². The first-order valence-corrected chi connectivity index (χ1v) is 5.81. The first kappa shape index (κ1) is 13.7. The van der Waals surface area contributed by atoms with E-state index in [2.05, 4.69) is 5.32 Å². The second kappa shape index (κ2) is 5.48. The van der Waals surface area contributed by atoms with E-state index in [4.69, 9.17) is 4.74 Å². The number of rotatable bonds is 1. The number of carbonyl (C=O) groups is 1. The Balaban J connectivity index is 1.97. The summed E-state index contributed by atoms with van der Waals surface area (Å²) in [5.74, 6) is 0.108. The van der Waals surface area contributed by atoms with Crippen LogP contribution in [0.2, 0.25) is 0 Å². The zero-order valence-electron chi connectivity index (χ0n) is 10.0. The summed E-state index contributed by atoms with van der Waals surface area (Å²) in [5.41, 5.74) is -0.769. The van der Waals surface area contributed by atoms with Crippen molar-refractivity contribution in [1.29, 1.82) is 0 Å².